The molecule has 1 aromatic rings. The average molecular weight is 242 g/mol. The van der Waals surface area contributed by atoms with Crippen molar-refractivity contribution in [1.82, 2.24) is 4.98 Å². The Kier molecular flexibility index (Phi) is 2.93. The van der Waals surface area contributed by atoms with Gasteiger partial charge in [0.15, 0.2) is 6.20 Å². The SMILES string of the molecule is N#CCc1cc([N+](=O)[O-])ncc1Br. The van der Waals surface area contributed by atoms with Crippen molar-refractivity contribution in [2.45, 2.75) is 6.42 Å². The van der Waals surface area contributed by atoms with Crippen molar-refractivity contribution >= 4 is 21.7 Å². The van der Waals surface area contributed by atoms with Gasteiger partial charge in [0.2, 0.25) is 0 Å². The summed E-state index contributed by atoms with van der Waals surface area (Å²) in [5.41, 5.74) is 0.573. The summed E-state index contributed by atoms with van der Waals surface area (Å²) in [5, 5.41) is 18.7. The van der Waals surface area contributed by atoms with Crippen LogP contribution in [0, 0.1) is 21.4 Å². The zero-order valence-electron chi connectivity index (χ0n) is 6.40. The van der Waals surface area contributed by atoms with Crippen LogP contribution in [0.1, 0.15) is 5.56 Å². The van der Waals surface area contributed by atoms with E-state index in [9.17, 15) is 10.1 Å². The molecule has 0 bridgehead atoms. The number of halogens is 1. The van der Waals surface area contributed by atoms with E-state index in [2.05, 4.69) is 20.9 Å². The van der Waals surface area contributed by atoms with Gasteiger partial charge in [-0.25, -0.2) is 0 Å². The Bertz CT molecular complexity index is 386. The Morgan fingerprint density at radius 2 is 2.46 bits per heavy atom. The van der Waals surface area contributed by atoms with E-state index < -0.39 is 4.92 Å². The molecule has 0 saturated carbocycles. The van der Waals surface area contributed by atoms with Crippen LogP contribution in [-0.2, 0) is 6.42 Å². The molecule has 13 heavy (non-hydrogen) atoms. The maximum atomic E-state index is 10.3. The Morgan fingerprint density at radius 1 is 1.77 bits per heavy atom. The third-order valence-electron chi connectivity index (χ3n) is 1.38. The van der Waals surface area contributed by atoms with Gasteiger partial charge in [-0.3, -0.25) is 0 Å². The molecule has 0 saturated heterocycles. The minimum absolute atomic E-state index is 0.129. The first-order valence-corrected chi connectivity index (χ1v) is 4.10. The highest BCUT2D eigenvalue weighted by Crippen LogP contribution is 2.19. The fourth-order valence-corrected chi connectivity index (χ4v) is 1.15. The molecule has 0 atom stereocenters. The van der Waals surface area contributed by atoms with Gasteiger partial charge < -0.3 is 10.1 Å². The molecule has 0 aromatic carbocycles. The predicted octanol–water partition coefficient (Wildman–Crippen LogP) is 1.82. The number of nitrogens with zero attached hydrogens (tertiary/aromatic N) is 3. The lowest BCUT2D eigenvalue weighted by Crippen LogP contribution is -1.94. The first-order valence-electron chi connectivity index (χ1n) is 3.31. The summed E-state index contributed by atoms with van der Waals surface area (Å²) in [7, 11) is 0. The maximum Gasteiger partial charge on any atom is 0.363 e. The van der Waals surface area contributed by atoms with Crippen LogP contribution in [0.5, 0.6) is 0 Å². The Hall–Kier alpha value is -1.48. The number of hydrogen-bond donors (Lipinski definition) is 0. The number of rotatable bonds is 2. The minimum Gasteiger partial charge on any atom is -0.358 e. The molecule has 0 N–H and O–H groups in total. The summed E-state index contributed by atoms with van der Waals surface area (Å²) in [6, 6.07) is 3.20. The van der Waals surface area contributed by atoms with E-state index in [1.165, 1.54) is 12.3 Å². The largest absolute Gasteiger partial charge is 0.363 e. The molecule has 0 fully saturated rings. The lowest BCUT2D eigenvalue weighted by atomic mass is 10.2. The highest BCUT2D eigenvalue weighted by molar-refractivity contribution is 9.10. The molecular weight excluding hydrogens is 238 g/mol. The van der Waals surface area contributed by atoms with Crippen LogP contribution in [0.25, 0.3) is 0 Å². The van der Waals surface area contributed by atoms with E-state index in [4.69, 9.17) is 5.26 Å². The second kappa shape index (κ2) is 3.96. The van der Waals surface area contributed by atoms with Crippen molar-refractivity contribution in [3.8, 4) is 6.07 Å². The summed E-state index contributed by atoms with van der Waals surface area (Å²) in [4.78, 5) is 13.3. The van der Waals surface area contributed by atoms with Gasteiger partial charge in [-0.05, 0) is 31.4 Å². The van der Waals surface area contributed by atoms with Crippen molar-refractivity contribution in [3.05, 3.63) is 32.4 Å². The first-order chi connectivity index (χ1) is 6.15. The van der Waals surface area contributed by atoms with Gasteiger partial charge >= 0.3 is 5.82 Å². The molecule has 0 unspecified atom stereocenters. The van der Waals surface area contributed by atoms with Crippen LogP contribution in [0.2, 0.25) is 0 Å². The molecule has 5 nitrogen and oxygen atoms in total. The second-order valence-corrected chi connectivity index (χ2v) is 3.08. The second-order valence-electron chi connectivity index (χ2n) is 2.23. The van der Waals surface area contributed by atoms with Crippen LogP contribution in [0.3, 0.4) is 0 Å². The van der Waals surface area contributed by atoms with Crippen LogP contribution >= 0.6 is 15.9 Å². The monoisotopic (exact) mass is 241 g/mol. The summed E-state index contributed by atoms with van der Waals surface area (Å²) in [5.74, 6) is -0.242. The minimum atomic E-state index is -0.590. The standard InChI is InChI=1S/C7H4BrN3O2/c8-6-4-10-7(11(12)13)3-5(6)1-2-9/h3-4H,1H2. The molecule has 1 heterocycles. The van der Waals surface area contributed by atoms with Gasteiger partial charge in [0.25, 0.3) is 0 Å². The molecule has 0 radical (unpaired) electrons. The third kappa shape index (κ3) is 2.23. The van der Waals surface area contributed by atoms with Gasteiger partial charge in [-0.2, -0.15) is 5.26 Å². The van der Waals surface area contributed by atoms with E-state index in [1.807, 2.05) is 6.07 Å². The fourth-order valence-electron chi connectivity index (χ4n) is 0.788. The van der Waals surface area contributed by atoms with E-state index in [-0.39, 0.29) is 12.2 Å². The molecule has 0 spiro atoms. The molecule has 1 rings (SSSR count). The normalized spacial score (nSPS) is 9.23. The van der Waals surface area contributed by atoms with Crippen LogP contribution in [0.4, 0.5) is 5.82 Å². The molecule has 0 aliphatic carbocycles. The van der Waals surface area contributed by atoms with Gasteiger partial charge in [0, 0.05) is 6.07 Å². The van der Waals surface area contributed by atoms with Crippen molar-refractivity contribution in [2.75, 3.05) is 0 Å². The number of hydrogen-bond acceptors (Lipinski definition) is 4. The lowest BCUT2D eigenvalue weighted by Gasteiger charge is -1.96. The predicted molar refractivity (Wildman–Crippen MR) is 47.9 cm³/mol. The van der Waals surface area contributed by atoms with Gasteiger partial charge in [0.1, 0.15) is 0 Å². The number of pyridine rings is 1. The number of nitro groups is 1. The highest BCUT2D eigenvalue weighted by atomic mass is 79.9. The van der Waals surface area contributed by atoms with Crippen molar-refractivity contribution in [2.24, 2.45) is 0 Å². The summed E-state index contributed by atoms with van der Waals surface area (Å²) >= 11 is 3.14. The molecule has 0 amide bonds. The average Bonchev–Trinajstić information content (AvgIpc) is 2.08. The van der Waals surface area contributed by atoms with Crippen LogP contribution in [0.15, 0.2) is 16.7 Å². The topological polar surface area (TPSA) is 79.8 Å². The Labute approximate surface area is 82.3 Å². The number of nitriles is 1. The first kappa shape index (κ1) is 9.61. The quantitative estimate of drug-likeness (QED) is 0.585. The highest BCUT2D eigenvalue weighted by Gasteiger charge is 2.10. The summed E-state index contributed by atoms with van der Waals surface area (Å²) < 4.78 is 0.611. The Morgan fingerprint density at radius 3 is 3.00 bits per heavy atom. The van der Waals surface area contributed by atoms with E-state index in [1.54, 1.807) is 0 Å². The zero-order valence-corrected chi connectivity index (χ0v) is 7.98. The van der Waals surface area contributed by atoms with Crippen LogP contribution < -0.4 is 0 Å². The Balaban J connectivity index is 3.12. The molecule has 0 aliphatic rings. The van der Waals surface area contributed by atoms with Gasteiger partial charge in [0.05, 0.1) is 17.0 Å². The van der Waals surface area contributed by atoms with E-state index in [0.29, 0.717) is 10.0 Å². The smallest absolute Gasteiger partial charge is 0.358 e. The maximum absolute atomic E-state index is 10.3. The van der Waals surface area contributed by atoms with Crippen LogP contribution in [-0.4, -0.2) is 9.91 Å². The lowest BCUT2D eigenvalue weighted by molar-refractivity contribution is -0.389. The molecule has 66 valence electrons. The van der Waals surface area contributed by atoms with E-state index >= 15 is 0 Å². The van der Waals surface area contributed by atoms with Crippen molar-refractivity contribution < 1.29 is 4.92 Å². The molecular formula is C7H4BrN3O2. The van der Waals surface area contributed by atoms with Crippen molar-refractivity contribution in [1.29, 1.82) is 5.26 Å². The number of aromatic nitrogens is 1. The fraction of sp³-hybridized carbons (Fsp3) is 0.143. The van der Waals surface area contributed by atoms with Gasteiger partial charge in [-0.1, -0.05) is 0 Å². The van der Waals surface area contributed by atoms with E-state index in [0.717, 1.165) is 0 Å². The zero-order chi connectivity index (χ0) is 9.84. The summed E-state index contributed by atoms with van der Waals surface area (Å²) in [6.07, 6.45) is 1.45. The van der Waals surface area contributed by atoms with Gasteiger partial charge in [-0.15, -0.1) is 0 Å². The summed E-state index contributed by atoms with van der Waals surface area (Å²) in [6.45, 7) is 0. The molecule has 0 aliphatic heterocycles. The third-order valence-corrected chi connectivity index (χ3v) is 2.09. The van der Waals surface area contributed by atoms with Crippen molar-refractivity contribution in [3.63, 3.8) is 0 Å². The molecule has 1 aromatic heterocycles. The molecule has 6 heteroatoms.